The lowest BCUT2D eigenvalue weighted by molar-refractivity contribution is 0.0927. The van der Waals surface area contributed by atoms with Gasteiger partial charge in [-0.2, -0.15) is 0 Å². The Hall–Kier alpha value is -2.04. The summed E-state index contributed by atoms with van der Waals surface area (Å²) in [7, 11) is 0. The normalized spacial score (nSPS) is 19.0. The van der Waals surface area contributed by atoms with Gasteiger partial charge in [0.2, 0.25) is 0 Å². The van der Waals surface area contributed by atoms with E-state index in [0.29, 0.717) is 23.3 Å². The highest BCUT2D eigenvalue weighted by Gasteiger charge is 2.18. The maximum Gasteiger partial charge on any atom is 0.319 e. The van der Waals surface area contributed by atoms with Crippen LogP contribution in [0, 0.1) is 0 Å². The average molecular weight is 329 g/mol. The van der Waals surface area contributed by atoms with Crippen molar-refractivity contribution in [1.29, 1.82) is 0 Å². The van der Waals surface area contributed by atoms with Gasteiger partial charge in [0.25, 0.3) is 5.91 Å². The maximum absolute atomic E-state index is 12.3. The third kappa shape index (κ3) is 4.73. The number of nitrogens with one attached hydrogen (secondary N) is 3. The second-order valence-corrected chi connectivity index (χ2v) is 6.97. The third-order valence-corrected chi connectivity index (χ3v) is 5.04. The van der Waals surface area contributed by atoms with Crippen LogP contribution in [-0.4, -0.2) is 24.0 Å². The van der Waals surface area contributed by atoms with Crippen molar-refractivity contribution in [2.45, 2.75) is 69.9 Å². The van der Waals surface area contributed by atoms with Crippen LogP contribution in [0.4, 0.5) is 10.5 Å². The number of anilines is 1. The highest BCUT2D eigenvalue weighted by molar-refractivity contribution is 5.95. The molecule has 3 amide bonds. The van der Waals surface area contributed by atoms with Crippen molar-refractivity contribution in [2.24, 2.45) is 0 Å². The van der Waals surface area contributed by atoms with Crippen LogP contribution in [0.5, 0.6) is 0 Å². The summed E-state index contributed by atoms with van der Waals surface area (Å²) in [5.41, 5.74) is 1.35. The van der Waals surface area contributed by atoms with Crippen LogP contribution in [0.3, 0.4) is 0 Å². The fourth-order valence-electron chi connectivity index (χ4n) is 3.64. The first-order valence-electron chi connectivity index (χ1n) is 9.19. The highest BCUT2D eigenvalue weighted by Crippen LogP contribution is 2.19. The minimum absolute atomic E-state index is 0.0242. The molecule has 0 spiro atoms. The Morgan fingerprint density at radius 3 is 1.92 bits per heavy atom. The van der Waals surface area contributed by atoms with Gasteiger partial charge in [0.15, 0.2) is 0 Å². The first-order valence-corrected chi connectivity index (χ1v) is 9.19. The van der Waals surface area contributed by atoms with Gasteiger partial charge in [-0.05, 0) is 49.9 Å². The van der Waals surface area contributed by atoms with Crippen LogP contribution in [0.15, 0.2) is 24.3 Å². The second kappa shape index (κ2) is 8.18. The van der Waals surface area contributed by atoms with E-state index in [1.54, 1.807) is 24.3 Å². The van der Waals surface area contributed by atoms with Gasteiger partial charge < -0.3 is 16.0 Å². The summed E-state index contributed by atoms with van der Waals surface area (Å²) in [5, 5.41) is 8.93. The van der Waals surface area contributed by atoms with Gasteiger partial charge in [0.05, 0.1) is 0 Å². The maximum atomic E-state index is 12.3. The number of urea groups is 1. The number of rotatable bonds is 4. The van der Waals surface area contributed by atoms with E-state index < -0.39 is 0 Å². The van der Waals surface area contributed by atoms with Gasteiger partial charge in [-0.1, -0.05) is 32.1 Å². The molecule has 1 aromatic rings. The van der Waals surface area contributed by atoms with E-state index >= 15 is 0 Å². The fourth-order valence-corrected chi connectivity index (χ4v) is 3.64. The van der Waals surface area contributed by atoms with E-state index in [2.05, 4.69) is 16.0 Å². The lowest BCUT2D eigenvalue weighted by atomic mass is 9.95. The molecule has 0 aromatic heterocycles. The molecule has 2 aliphatic rings. The van der Waals surface area contributed by atoms with Crippen molar-refractivity contribution in [3.8, 4) is 0 Å². The molecule has 24 heavy (non-hydrogen) atoms. The van der Waals surface area contributed by atoms with Crippen molar-refractivity contribution in [3.63, 3.8) is 0 Å². The molecular weight excluding hydrogens is 302 g/mol. The molecule has 0 bridgehead atoms. The zero-order valence-corrected chi connectivity index (χ0v) is 14.1. The molecule has 0 heterocycles. The van der Waals surface area contributed by atoms with Crippen LogP contribution < -0.4 is 16.0 Å². The monoisotopic (exact) mass is 329 g/mol. The van der Waals surface area contributed by atoms with E-state index in [9.17, 15) is 9.59 Å². The summed E-state index contributed by atoms with van der Waals surface area (Å²) < 4.78 is 0. The van der Waals surface area contributed by atoms with Crippen molar-refractivity contribution >= 4 is 17.6 Å². The molecule has 2 aliphatic carbocycles. The number of carbonyl (C=O) groups is 2. The van der Waals surface area contributed by atoms with Crippen LogP contribution >= 0.6 is 0 Å². The minimum atomic E-state index is -0.165. The quantitative estimate of drug-likeness (QED) is 0.786. The zero-order valence-electron chi connectivity index (χ0n) is 14.1. The molecule has 5 heteroatoms. The third-order valence-electron chi connectivity index (χ3n) is 5.04. The summed E-state index contributed by atoms with van der Waals surface area (Å²) >= 11 is 0. The van der Waals surface area contributed by atoms with Crippen molar-refractivity contribution in [1.82, 2.24) is 10.6 Å². The van der Waals surface area contributed by atoms with Gasteiger partial charge in [0.1, 0.15) is 0 Å². The Labute approximate surface area is 143 Å². The topological polar surface area (TPSA) is 70.2 Å². The first kappa shape index (κ1) is 16.8. The Morgan fingerprint density at radius 2 is 1.29 bits per heavy atom. The molecule has 5 nitrogen and oxygen atoms in total. The van der Waals surface area contributed by atoms with Gasteiger partial charge in [0, 0.05) is 23.3 Å². The number of hydrogen-bond acceptors (Lipinski definition) is 2. The van der Waals surface area contributed by atoms with Crippen LogP contribution in [0.2, 0.25) is 0 Å². The van der Waals surface area contributed by atoms with Gasteiger partial charge in [-0.25, -0.2) is 4.79 Å². The highest BCUT2D eigenvalue weighted by atomic mass is 16.2. The molecule has 0 radical (unpaired) electrons. The summed E-state index contributed by atoms with van der Waals surface area (Å²) in [5.74, 6) is -0.0242. The smallest absolute Gasteiger partial charge is 0.319 e. The minimum Gasteiger partial charge on any atom is -0.349 e. The zero-order chi connectivity index (χ0) is 16.8. The first-order chi connectivity index (χ1) is 11.7. The second-order valence-electron chi connectivity index (χ2n) is 6.97. The molecule has 3 rings (SSSR count). The number of amides is 3. The predicted molar refractivity (Wildman–Crippen MR) is 95.2 cm³/mol. The average Bonchev–Trinajstić information content (AvgIpc) is 3.09. The molecule has 130 valence electrons. The van der Waals surface area contributed by atoms with Crippen molar-refractivity contribution in [3.05, 3.63) is 29.8 Å². The Morgan fingerprint density at radius 1 is 0.750 bits per heavy atom. The lowest BCUT2D eigenvalue weighted by Crippen LogP contribution is -2.36. The van der Waals surface area contributed by atoms with Crippen molar-refractivity contribution < 1.29 is 9.59 Å². The number of hydrogen-bond donors (Lipinski definition) is 3. The van der Waals surface area contributed by atoms with Crippen molar-refractivity contribution in [2.75, 3.05) is 5.32 Å². The SMILES string of the molecule is O=C(Nc1ccc(C(=O)NC2CCCCC2)cc1)NC1CCCC1. The summed E-state index contributed by atoms with van der Waals surface area (Å²) in [6.45, 7) is 0. The Bertz CT molecular complexity index is 558. The van der Waals surface area contributed by atoms with E-state index in [4.69, 9.17) is 0 Å². The van der Waals surface area contributed by atoms with E-state index in [0.717, 1.165) is 25.7 Å². The fraction of sp³-hybridized carbons (Fsp3) is 0.579. The van der Waals surface area contributed by atoms with Crippen LogP contribution in [0.25, 0.3) is 0 Å². The standard InChI is InChI=1S/C19H27N3O2/c23-18(20-15-6-2-1-3-7-15)14-10-12-17(13-11-14)22-19(24)21-16-8-4-5-9-16/h10-13,15-16H,1-9H2,(H,20,23)(H2,21,22,24). The predicted octanol–water partition coefficient (Wildman–Crippen LogP) is 3.81. The molecule has 0 unspecified atom stereocenters. The van der Waals surface area contributed by atoms with E-state index in [1.165, 1.54) is 32.1 Å². The molecule has 0 atom stereocenters. The summed E-state index contributed by atoms with van der Waals surface area (Å²) in [4.78, 5) is 24.2. The molecule has 0 saturated heterocycles. The molecule has 2 saturated carbocycles. The number of benzene rings is 1. The summed E-state index contributed by atoms with van der Waals surface area (Å²) in [6, 6.07) is 7.54. The largest absolute Gasteiger partial charge is 0.349 e. The Kier molecular flexibility index (Phi) is 5.72. The number of carbonyl (C=O) groups excluding carboxylic acids is 2. The molecular formula is C19H27N3O2. The van der Waals surface area contributed by atoms with Crippen LogP contribution in [0.1, 0.15) is 68.1 Å². The van der Waals surface area contributed by atoms with E-state index in [-0.39, 0.29) is 11.9 Å². The molecule has 3 N–H and O–H groups in total. The Balaban J connectivity index is 1.48. The molecule has 0 aliphatic heterocycles. The van der Waals surface area contributed by atoms with Gasteiger partial charge in [-0.3, -0.25) is 4.79 Å². The van der Waals surface area contributed by atoms with E-state index in [1.807, 2.05) is 0 Å². The lowest BCUT2D eigenvalue weighted by Gasteiger charge is -2.22. The van der Waals surface area contributed by atoms with Crippen LogP contribution in [-0.2, 0) is 0 Å². The molecule has 1 aromatic carbocycles. The van der Waals surface area contributed by atoms with Gasteiger partial charge in [-0.15, -0.1) is 0 Å². The summed E-state index contributed by atoms with van der Waals surface area (Å²) in [6.07, 6.45) is 10.3. The molecule has 2 fully saturated rings. The van der Waals surface area contributed by atoms with Gasteiger partial charge >= 0.3 is 6.03 Å².